The van der Waals surface area contributed by atoms with Gasteiger partial charge in [-0.15, -0.1) is 0 Å². The predicted octanol–water partition coefficient (Wildman–Crippen LogP) is 3.55. The van der Waals surface area contributed by atoms with E-state index in [9.17, 15) is 0 Å². The van der Waals surface area contributed by atoms with Crippen molar-refractivity contribution in [2.45, 2.75) is 77.3 Å². The zero-order valence-electron chi connectivity index (χ0n) is 16.4. The summed E-state index contributed by atoms with van der Waals surface area (Å²) >= 11 is 0. The van der Waals surface area contributed by atoms with Gasteiger partial charge in [-0.3, -0.25) is 9.89 Å². The Labute approximate surface area is 154 Å². The van der Waals surface area contributed by atoms with Crippen LogP contribution in [0.1, 0.15) is 65.2 Å². The van der Waals surface area contributed by atoms with Crippen molar-refractivity contribution in [2.24, 2.45) is 16.8 Å². The summed E-state index contributed by atoms with van der Waals surface area (Å²) in [5.41, 5.74) is 1.27. The van der Waals surface area contributed by atoms with Crippen LogP contribution in [0, 0.1) is 11.8 Å². The molecule has 2 aliphatic carbocycles. The number of hydrogen-bond donors (Lipinski definition) is 2. The van der Waals surface area contributed by atoms with Crippen LogP contribution in [0.25, 0.3) is 0 Å². The van der Waals surface area contributed by atoms with E-state index in [0.29, 0.717) is 12.1 Å². The molecule has 2 atom stereocenters. The first-order valence-corrected chi connectivity index (χ1v) is 10.6. The average Bonchev–Trinajstić information content (AvgIpc) is 3.36. The molecule has 0 bridgehead atoms. The Balaban J connectivity index is 1.42. The smallest absolute Gasteiger partial charge is 0.191 e. The maximum Gasteiger partial charge on any atom is 0.191 e. The molecular formula is C21H38N4. The van der Waals surface area contributed by atoms with Crippen molar-refractivity contribution in [3.63, 3.8) is 0 Å². The second-order valence-corrected chi connectivity index (χ2v) is 8.52. The lowest BCUT2D eigenvalue weighted by atomic mass is 9.85. The SMILES string of the molecule is C=C(C)CN1CCC(NC(=NCC)NC2CC2C2CCCCC2)CC1. The summed E-state index contributed by atoms with van der Waals surface area (Å²) in [6, 6.07) is 1.23. The van der Waals surface area contributed by atoms with Crippen molar-refractivity contribution < 1.29 is 0 Å². The Kier molecular flexibility index (Phi) is 6.80. The Morgan fingerprint density at radius 3 is 2.44 bits per heavy atom. The zero-order valence-corrected chi connectivity index (χ0v) is 16.4. The van der Waals surface area contributed by atoms with E-state index in [4.69, 9.17) is 4.99 Å². The van der Waals surface area contributed by atoms with Gasteiger partial charge in [-0.05, 0) is 44.9 Å². The molecule has 4 heteroatoms. The quantitative estimate of drug-likeness (QED) is 0.439. The maximum atomic E-state index is 4.71. The van der Waals surface area contributed by atoms with Crippen LogP contribution in [0.4, 0.5) is 0 Å². The molecule has 2 saturated carbocycles. The minimum atomic E-state index is 0.561. The number of guanidine groups is 1. The molecule has 0 aromatic carbocycles. The van der Waals surface area contributed by atoms with Gasteiger partial charge < -0.3 is 10.6 Å². The van der Waals surface area contributed by atoms with Crippen molar-refractivity contribution in [3.05, 3.63) is 12.2 Å². The van der Waals surface area contributed by atoms with Crippen LogP contribution < -0.4 is 10.6 Å². The van der Waals surface area contributed by atoms with E-state index >= 15 is 0 Å². The minimum absolute atomic E-state index is 0.561. The summed E-state index contributed by atoms with van der Waals surface area (Å²) < 4.78 is 0. The van der Waals surface area contributed by atoms with E-state index in [1.54, 1.807) is 0 Å². The normalized spacial score (nSPS) is 29.4. The Hall–Kier alpha value is -1.03. The lowest BCUT2D eigenvalue weighted by Gasteiger charge is -2.33. The predicted molar refractivity (Wildman–Crippen MR) is 107 cm³/mol. The molecule has 3 fully saturated rings. The molecule has 0 spiro atoms. The molecule has 1 heterocycles. The number of aliphatic imine (C=N–C) groups is 1. The van der Waals surface area contributed by atoms with E-state index in [-0.39, 0.29) is 0 Å². The summed E-state index contributed by atoms with van der Waals surface area (Å²) in [6.45, 7) is 12.5. The van der Waals surface area contributed by atoms with Crippen molar-refractivity contribution in [1.29, 1.82) is 0 Å². The fourth-order valence-electron chi connectivity index (χ4n) is 4.74. The molecule has 0 radical (unpaired) electrons. The molecular weight excluding hydrogens is 308 g/mol. The van der Waals surface area contributed by atoms with E-state index in [1.807, 2.05) is 0 Å². The van der Waals surface area contributed by atoms with Crippen LogP contribution in [-0.2, 0) is 0 Å². The molecule has 2 N–H and O–H groups in total. The topological polar surface area (TPSA) is 39.7 Å². The van der Waals surface area contributed by atoms with E-state index in [1.165, 1.54) is 56.9 Å². The third-order valence-corrected chi connectivity index (χ3v) is 6.16. The van der Waals surface area contributed by atoms with Gasteiger partial charge in [0.05, 0.1) is 0 Å². The molecule has 1 saturated heterocycles. The van der Waals surface area contributed by atoms with Gasteiger partial charge in [-0.2, -0.15) is 0 Å². The number of nitrogens with zero attached hydrogens (tertiary/aromatic N) is 2. The first kappa shape index (κ1) is 18.8. The second-order valence-electron chi connectivity index (χ2n) is 8.52. The van der Waals surface area contributed by atoms with Crippen LogP contribution in [0.5, 0.6) is 0 Å². The monoisotopic (exact) mass is 346 g/mol. The average molecular weight is 347 g/mol. The fourth-order valence-corrected chi connectivity index (χ4v) is 4.74. The number of hydrogen-bond acceptors (Lipinski definition) is 2. The fraction of sp³-hybridized carbons (Fsp3) is 0.857. The molecule has 0 amide bonds. The lowest BCUT2D eigenvalue weighted by Crippen LogP contribution is -2.49. The number of piperidine rings is 1. The third-order valence-electron chi connectivity index (χ3n) is 6.16. The highest BCUT2D eigenvalue weighted by Gasteiger charge is 2.43. The molecule has 0 aromatic heterocycles. The molecule has 2 unspecified atom stereocenters. The van der Waals surface area contributed by atoms with Gasteiger partial charge in [0.1, 0.15) is 0 Å². The van der Waals surface area contributed by atoms with Crippen molar-refractivity contribution in [3.8, 4) is 0 Å². The number of rotatable bonds is 6. The molecule has 4 nitrogen and oxygen atoms in total. The molecule has 1 aliphatic heterocycles. The first-order chi connectivity index (χ1) is 12.2. The number of likely N-dealkylation sites (tertiary alicyclic amines) is 1. The standard InChI is InChI=1S/C21H38N4/c1-4-22-21(23-18-10-12-25(13-11-18)15-16(2)3)24-20-14-19(20)17-8-6-5-7-9-17/h17-20H,2,4-15H2,1,3H3,(H2,22,23,24). The molecule has 25 heavy (non-hydrogen) atoms. The molecule has 142 valence electrons. The Morgan fingerprint density at radius 2 is 1.80 bits per heavy atom. The molecule has 3 rings (SSSR count). The van der Waals surface area contributed by atoms with Crippen molar-refractivity contribution >= 4 is 5.96 Å². The van der Waals surface area contributed by atoms with Crippen LogP contribution in [0.3, 0.4) is 0 Å². The van der Waals surface area contributed by atoms with Gasteiger partial charge in [0.25, 0.3) is 0 Å². The summed E-state index contributed by atoms with van der Waals surface area (Å²) in [7, 11) is 0. The van der Waals surface area contributed by atoms with Crippen molar-refractivity contribution in [2.75, 3.05) is 26.2 Å². The minimum Gasteiger partial charge on any atom is -0.354 e. The van der Waals surface area contributed by atoms with Gasteiger partial charge in [0.2, 0.25) is 0 Å². The Morgan fingerprint density at radius 1 is 1.08 bits per heavy atom. The van der Waals surface area contributed by atoms with Crippen molar-refractivity contribution in [1.82, 2.24) is 15.5 Å². The first-order valence-electron chi connectivity index (χ1n) is 10.6. The summed E-state index contributed by atoms with van der Waals surface area (Å²) in [4.78, 5) is 7.23. The van der Waals surface area contributed by atoms with E-state index in [0.717, 1.165) is 44.0 Å². The van der Waals surface area contributed by atoms with Crippen LogP contribution in [0.2, 0.25) is 0 Å². The second kappa shape index (κ2) is 9.07. The van der Waals surface area contributed by atoms with Gasteiger partial charge in [-0.25, -0.2) is 0 Å². The Bertz CT molecular complexity index is 459. The van der Waals surface area contributed by atoms with E-state index < -0.39 is 0 Å². The lowest BCUT2D eigenvalue weighted by molar-refractivity contribution is 0.221. The van der Waals surface area contributed by atoms with Gasteiger partial charge in [-0.1, -0.05) is 44.3 Å². The van der Waals surface area contributed by atoms with Crippen LogP contribution in [0.15, 0.2) is 17.1 Å². The number of nitrogens with one attached hydrogen (secondary N) is 2. The summed E-state index contributed by atoms with van der Waals surface area (Å²) in [6.07, 6.45) is 11.0. The zero-order chi connectivity index (χ0) is 17.6. The highest BCUT2D eigenvalue weighted by Crippen LogP contribution is 2.44. The van der Waals surface area contributed by atoms with Crippen LogP contribution in [-0.4, -0.2) is 49.1 Å². The largest absolute Gasteiger partial charge is 0.354 e. The highest BCUT2D eigenvalue weighted by atomic mass is 15.2. The van der Waals surface area contributed by atoms with Gasteiger partial charge >= 0.3 is 0 Å². The van der Waals surface area contributed by atoms with E-state index in [2.05, 4.69) is 36.0 Å². The highest BCUT2D eigenvalue weighted by molar-refractivity contribution is 5.80. The van der Waals surface area contributed by atoms with Gasteiger partial charge in [0, 0.05) is 38.3 Å². The molecule has 0 aromatic rings. The summed E-state index contributed by atoms with van der Waals surface area (Å²) in [5, 5.41) is 7.46. The van der Waals surface area contributed by atoms with Gasteiger partial charge in [0.15, 0.2) is 5.96 Å². The van der Waals surface area contributed by atoms with Crippen LogP contribution >= 0.6 is 0 Å². The summed E-state index contributed by atoms with van der Waals surface area (Å²) in [5.74, 6) is 2.94. The molecule has 3 aliphatic rings. The third kappa shape index (κ3) is 5.73. The maximum absolute atomic E-state index is 4.71.